The molecule has 0 aromatic carbocycles. The van der Waals surface area contributed by atoms with E-state index in [1.54, 1.807) is 18.0 Å². The van der Waals surface area contributed by atoms with Crippen molar-refractivity contribution < 1.29 is 4.79 Å². The highest BCUT2D eigenvalue weighted by Crippen LogP contribution is 2.21. The number of carbonyl (C=O) groups excluding carboxylic acids is 1. The van der Waals surface area contributed by atoms with Gasteiger partial charge >= 0.3 is 0 Å². The van der Waals surface area contributed by atoms with Crippen LogP contribution in [-0.2, 0) is 0 Å². The number of rotatable bonds is 2. The average Bonchev–Trinajstić information content (AvgIpc) is 2.19. The Kier molecular flexibility index (Phi) is 4.11. The third-order valence-electron chi connectivity index (χ3n) is 2.14. The Hall–Kier alpha value is -0.610. The highest BCUT2D eigenvalue weighted by Gasteiger charge is 2.15. The molecule has 0 fully saturated rings. The molecule has 0 aliphatic carbocycles. The fourth-order valence-corrected chi connectivity index (χ4v) is 1.43. The van der Waals surface area contributed by atoms with E-state index in [2.05, 4.69) is 20.9 Å². The van der Waals surface area contributed by atoms with Crippen LogP contribution in [-0.4, -0.2) is 28.9 Å². The van der Waals surface area contributed by atoms with Crippen molar-refractivity contribution in [1.82, 2.24) is 9.88 Å². The van der Waals surface area contributed by atoms with Crippen LogP contribution in [0.15, 0.2) is 16.7 Å². The molecule has 0 saturated carbocycles. The third kappa shape index (κ3) is 2.92. The van der Waals surface area contributed by atoms with E-state index in [9.17, 15) is 4.79 Å². The number of carbonyl (C=O) groups is 1. The van der Waals surface area contributed by atoms with Crippen LogP contribution < -0.4 is 0 Å². The molecule has 3 nitrogen and oxygen atoms in total. The molecule has 15 heavy (non-hydrogen) atoms. The lowest BCUT2D eigenvalue weighted by Gasteiger charge is -2.21. The van der Waals surface area contributed by atoms with Gasteiger partial charge in [0.15, 0.2) is 0 Å². The van der Waals surface area contributed by atoms with Gasteiger partial charge in [-0.25, -0.2) is 4.98 Å². The van der Waals surface area contributed by atoms with E-state index in [4.69, 9.17) is 11.6 Å². The van der Waals surface area contributed by atoms with Gasteiger partial charge in [0, 0.05) is 19.3 Å². The van der Waals surface area contributed by atoms with E-state index >= 15 is 0 Å². The number of nitrogens with zero attached hydrogens (tertiary/aromatic N) is 2. The Morgan fingerprint density at radius 1 is 1.60 bits per heavy atom. The Labute approximate surface area is 103 Å². The first-order valence-corrected chi connectivity index (χ1v) is 5.68. The maximum Gasteiger partial charge on any atom is 0.255 e. The first-order valence-electron chi connectivity index (χ1n) is 4.51. The predicted molar refractivity (Wildman–Crippen MR) is 64.2 cm³/mol. The van der Waals surface area contributed by atoms with Gasteiger partial charge in [-0.1, -0.05) is 11.6 Å². The molecule has 1 rings (SSSR count). The van der Waals surface area contributed by atoms with E-state index in [-0.39, 0.29) is 11.9 Å². The van der Waals surface area contributed by atoms with Crippen molar-refractivity contribution in [2.24, 2.45) is 0 Å². The lowest BCUT2D eigenvalue weighted by Crippen LogP contribution is -2.33. The predicted octanol–water partition coefficient (Wildman–Crippen LogP) is 2.98. The van der Waals surface area contributed by atoms with Crippen LogP contribution >= 0.6 is 27.5 Å². The third-order valence-corrected chi connectivity index (χ3v) is 3.27. The zero-order valence-corrected chi connectivity index (χ0v) is 11.1. The molecule has 1 amide bonds. The fraction of sp³-hybridized carbons (Fsp3) is 0.400. The number of hydrogen-bond donors (Lipinski definition) is 0. The zero-order chi connectivity index (χ0) is 11.6. The lowest BCUT2D eigenvalue weighted by atomic mass is 10.2. The van der Waals surface area contributed by atoms with Crippen LogP contribution in [0.25, 0.3) is 0 Å². The first kappa shape index (κ1) is 12.5. The number of hydrogen-bond acceptors (Lipinski definition) is 2. The molecular formula is C10H12BrClN2O. The molecule has 0 spiro atoms. The highest BCUT2D eigenvalue weighted by atomic mass is 79.9. The van der Waals surface area contributed by atoms with Crippen LogP contribution in [0.1, 0.15) is 24.2 Å². The molecule has 0 N–H and O–H groups in total. The Bertz CT molecular complexity index is 382. The molecule has 0 unspecified atom stereocenters. The molecule has 82 valence electrons. The fourth-order valence-electron chi connectivity index (χ4n) is 0.976. The molecular weight excluding hydrogens is 279 g/mol. The Balaban J connectivity index is 2.97. The van der Waals surface area contributed by atoms with Crippen molar-refractivity contribution in [3.8, 4) is 0 Å². The number of halogens is 2. The summed E-state index contributed by atoms with van der Waals surface area (Å²) in [5, 5.41) is 0.360. The van der Waals surface area contributed by atoms with Gasteiger partial charge in [-0.15, -0.1) is 0 Å². The van der Waals surface area contributed by atoms with Crippen LogP contribution in [0.2, 0.25) is 5.15 Å². The lowest BCUT2D eigenvalue weighted by molar-refractivity contribution is 0.0754. The minimum atomic E-state index is -0.0603. The number of pyridine rings is 1. The summed E-state index contributed by atoms with van der Waals surface area (Å²) in [6, 6.07) is 1.84. The largest absolute Gasteiger partial charge is 0.339 e. The van der Waals surface area contributed by atoms with Crippen molar-refractivity contribution >= 4 is 33.4 Å². The molecule has 1 aromatic heterocycles. The van der Waals surface area contributed by atoms with E-state index in [1.807, 2.05) is 13.8 Å². The normalized spacial score (nSPS) is 10.5. The van der Waals surface area contributed by atoms with Gasteiger partial charge < -0.3 is 4.90 Å². The number of amides is 1. The standard InChI is InChI=1S/C10H12BrClN2O/c1-6(2)14(3)10(15)7-4-8(11)9(12)13-5-7/h4-6H,1-3H3. The summed E-state index contributed by atoms with van der Waals surface area (Å²) >= 11 is 8.98. The van der Waals surface area contributed by atoms with Crippen molar-refractivity contribution in [3.05, 3.63) is 27.5 Å². The molecule has 1 heterocycles. The van der Waals surface area contributed by atoms with Gasteiger partial charge in [-0.3, -0.25) is 4.79 Å². The van der Waals surface area contributed by atoms with Crippen LogP contribution in [0.5, 0.6) is 0 Å². The molecule has 0 atom stereocenters. The summed E-state index contributed by atoms with van der Waals surface area (Å²) in [5.41, 5.74) is 0.530. The SMILES string of the molecule is CC(C)N(C)C(=O)c1cnc(Cl)c(Br)c1. The molecule has 0 aliphatic rings. The van der Waals surface area contributed by atoms with Crippen LogP contribution in [0.3, 0.4) is 0 Å². The second-order valence-electron chi connectivity index (χ2n) is 3.51. The summed E-state index contributed by atoms with van der Waals surface area (Å²) in [4.78, 5) is 17.4. The molecule has 0 saturated heterocycles. The molecule has 5 heteroatoms. The van der Waals surface area contributed by atoms with E-state index < -0.39 is 0 Å². The molecule has 0 bridgehead atoms. The van der Waals surface area contributed by atoms with Crippen molar-refractivity contribution in [2.75, 3.05) is 7.05 Å². The summed E-state index contributed by atoms with van der Waals surface area (Å²) in [7, 11) is 1.76. The molecule has 0 aliphatic heterocycles. The summed E-state index contributed by atoms with van der Waals surface area (Å²) in [5.74, 6) is -0.0603. The van der Waals surface area contributed by atoms with E-state index in [1.165, 1.54) is 6.20 Å². The van der Waals surface area contributed by atoms with Crippen molar-refractivity contribution in [2.45, 2.75) is 19.9 Å². The summed E-state index contributed by atoms with van der Waals surface area (Å²) < 4.78 is 0.632. The topological polar surface area (TPSA) is 33.2 Å². The van der Waals surface area contributed by atoms with Crippen molar-refractivity contribution in [3.63, 3.8) is 0 Å². The van der Waals surface area contributed by atoms with Gasteiger partial charge in [0.05, 0.1) is 10.0 Å². The maximum absolute atomic E-state index is 11.9. The summed E-state index contributed by atoms with van der Waals surface area (Å²) in [6.45, 7) is 3.91. The zero-order valence-electron chi connectivity index (χ0n) is 8.79. The minimum Gasteiger partial charge on any atom is -0.339 e. The molecule has 1 aromatic rings. The average molecular weight is 292 g/mol. The van der Waals surface area contributed by atoms with Gasteiger partial charge in [-0.2, -0.15) is 0 Å². The second kappa shape index (κ2) is 4.94. The van der Waals surface area contributed by atoms with E-state index in [0.29, 0.717) is 15.2 Å². The smallest absolute Gasteiger partial charge is 0.255 e. The minimum absolute atomic E-state index is 0.0603. The van der Waals surface area contributed by atoms with E-state index in [0.717, 1.165) is 0 Å². The maximum atomic E-state index is 11.9. The Morgan fingerprint density at radius 3 is 2.67 bits per heavy atom. The summed E-state index contributed by atoms with van der Waals surface area (Å²) in [6.07, 6.45) is 1.48. The van der Waals surface area contributed by atoms with Crippen LogP contribution in [0, 0.1) is 0 Å². The van der Waals surface area contributed by atoms with Gasteiger partial charge in [-0.05, 0) is 35.8 Å². The Morgan fingerprint density at radius 2 is 2.20 bits per heavy atom. The first-order chi connectivity index (χ1) is 6.93. The highest BCUT2D eigenvalue weighted by molar-refractivity contribution is 9.10. The van der Waals surface area contributed by atoms with Crippen molar-refractivity contribution in [1.29, 1.82) is 0 Å². The second-order valence-corrected chi connectivity index (χ2v) is 4.72. The number of aromatic nitrogens is 1. The quantitative estimate of drug-likeness (QED) is 0.785. The van der Waals surface area contributed by atoms with Gasteiger partial charge in [0.2, 0.25) is 0 Å². The van der Waals surface area contributed by atoms with Crippen LogP contribution in [0.4, 0.5) is 0 Å². The monoisotopic (exact) mass is 290 g/mol. The molecule has 0 radical (unpaired) electrons. The van der Waals surface area contributed by atoms with Gasteiger partial charge in [0.25, 0.3) is 5.91 Å². The van der Waals surface area contributed by atoms with Gasteiger partial charge in [0.1, 0.15) is 5.15 Å².